The summed E-state index contributed by atoms with van der Waals surface area (Å²) in [5.74, 6) is -2.96. The third kappa shape index (κ3) is 5.31. The minimum Gasteiger partial charge on any atom is -0.506 e. The first kappa shape index (κ1) is 17.9. The molecule has 0 unspecified atom stereocenters. The largest absolute Gasteiger partial charge is 0.506 e. The van der Waals surface area contributed by atoms with E-state index in [1.807, 2.05) is 0 Å². The molecule has 0 spiro atoms. The van der Waals surface area contributed by atoms with Crippen molar-refractivity contribution in [1.29, 1.82) is 0 Å². The molecule has 0 heterocycles. The third-order valence-electron chi connectivity index (χ3n) is 3.23. The average molecular weight is 346 g/mol. The summed E-state index contributed by atoms with van der Waals surface area (Å²) >= 11 is 0. The first-order valence-electron chi connectivity index (χ1n) is 7.27. The standard InChI is InChI=1S/C17H15FN2O5/c18-11-2-4-12(5-3-11)19-15(22)7-8-16(23)20-13-6-1-10(17(24)25)9-14(13)21/h1-6,9,21H,7-8H2,(H,19,22)(H,20,23)(H,24,25). The zero-order chi connectivity index (χ0) is 18.4. The van der Waals surface area contributed by atoms with Gasteiger partial charge in [-0.25, -0.2) is 9.18 Å². The van der Waals surface area contributed by atoms with Gasteiger partial charge in [0, 0.05) is 18.5 Å². The van der Waals surface area contributed by atoms with E-state index in [4.69, 9.17) is 5.11 Å². The number of carboxylic acid groups (broad SMARTS) is 1. The van der Waals surface area contributed by atoms with Crippen LogP contribution in [0.1, 0.15) is 23.2 Å². The van der Waals surface area contributed by atoms with Crippen molar-refractivity contribution in [2.75, 3.05) is 10.6 Å². The quantitative estimate of drug-likeness (QED) is 0.600. The number of carboxylic acids is 1. The molecule has 0 fully saturated rings. The minimum atomic E-state index is -1.20. The maximum absolute atomic E-state index is 12.8. The van der Waals surface area contributed by atoms with E-state index in [2.05, 4.69) is 10.6 Å². The highest BCUT2D eigenvalue weighted by atomic mass is 19.1. The second kappa shape index (κ2) is 7.91. The summed E-state index contributed by atoms with van der Waals surface area (Å²) in [5, 5.41) is 23.4. The molecule has 0 bridgehead atoms. The fourth-order valence-electron chi connectivity index (χ4n) is 1.97. The van der Waals surface area contributed by atoms with Gasteiger partial charge in [-0.2, -0.15) is 0 Å². The summed E-state index contributed by atoms with van der Waals surface area (Å²) in [4.78, 5) is 34.3. The summed E-state index contributed by atoms with van der Waals surface area (Å²) in [7, 11) is 0. The van der Waals surface area contributed by atoms with Gasteiger partial charge in [0.1, 0.15) is 11.6 Å². The lowest BCUT2D eigenvalue weighted by Gasteiger charge is -2.08. The molecule has 25 heavy (non-hydrogen) atoms. The lowest BCUT2D eigenvalue weighted by molar-refractivity contribution is -0.121. The van der Waals surface area contributed by atoms with E-state index in [9.17, 15) is 23.9 Å². The Bertz CT molecular complexity index is 805. The highest BCUT2D eigenvalue weighted by Gasteiger charge is 2.12. The highest BCUT2D eigenvalue weighted by Crippen LogP contribution is 2.24. The Balaban J connectivity index is 1.85. The number of amides is 2. The maximum atomic E-state index is 12.8. The number of anilines is 2. The van der Waals surface area contributed by atoms with Gasteiger partial charge in [-0.15, -0.1) is 0 Å². The number of carbonyl (C=O) groups is 3. The average Bonchev–Trinajstić information content (AvgIpc) is 2.57. The Morgan fingerprint density at radius 3 is 2.08 bits per heavy atom. The van der Waals surface area contributed by atoms with Gasteiger partial charge in [-0.1, -0.05) is 0 Å². The van der Waals surface area contributed by atoms with Crippen LogP contribution in [0.15, 0.2) is 42.5 Å². The topological polar surface area (TPSA) is 116 Å². The van der Waals surface area contributed by atoms with Crippen LogP contribution in [0.3, 0.4) is 0 Å². The molecule has 0 saturated heterocycles. The van der Waals surface area contributed by atoms with Crippen molar-refractivity contribution < 1.29 is 29.0 Å². The van der Waals surface area contributed by atoms with Gasteiger partial charge in [0.2, 0.25) is 11.8 Å². The lowest BCUT2D eigenvalue weighted by atomic mass is 10.2. The number of phenols is 1. The number of hydrogen-bond acceptors (Lipinski definition) is 4. The van der Waals surface area contributed by atoms with Crippen molar-refractivity contribution in [3.8, 4) is 5.75 Å². The van der Waals surface area contributed by atoms with E-state index in [0.29, 0.717) is 5.69 Å². The molecule has 0 aliphatic heterocycles. The van der Waals surface area contributed by atoms with Crippen molar-refractivity contribution in [3.05, 3.63) is 53.8 Å². The predicted octanol–water partition coefficient (Wildman–Crippen LogP) is 2.59. The molecule has 2 rings (SSSR count). The van der Waals surface area contributed by atoms with Gasteiger partial charge in [-0.3, -0.25) is 9.59 Å². The molecule has 7 nitrogen and oxygen atoms in total. The number of phenolic OH excluding ortho intramolecular Hbond substituents is 1. The van der Waals surface area contributed by atoms with Gasteiger partial charge < -0.3 is 20.8 Å². The van der Waals surface area contributed by atoms with Crippen LogP contribution in [0.25, 0.3) is 0 Å². The summed E-state index contributed by atoms with van der Waals surface area (Å²) in [6.07, 6.45) is -0.260. The molecule has 0 saturated carbocycles. The van der Waals surface area contributed by atoms with Crippen LogP contribution in [-0.4, -0.2) is 28.0 Å². The second-order valence-electron chi connectivity index (χ2n) is 5.14. The van der Waals surface area contributed by atoms with Crippen LogP contribution in [0.2, 0.25) is 0 Å². The molecule has 2 aromatic rings. The van der Waals surface area contributed by atoms with Crippen molar-refractivity contribution in [3.63, 3.8) is 0 Å². The number of halogens is 1. The van der Waals surface area contributed by atoms with Crippen molar-refractivity contribution >= 4 is 29.2 Å². The molecule has 0 aromatic heterocycles. The van der Waals surface area contributed by atoms with Crippen LogP contribution in [0.4, 0.5) is 15.8 Å². The van der Waals surface area contributed by atoms with E-state index in [1.54, 1.807) is 0 Å². The number of aromatic carboxylic acids is 1. The Morgan fingerprint density at radius 1 is 0.920 bits per heavy atom. The van der Waals surface area contributed by atoms with Gasteiger partial charge in [0.25, 0.3) is 0 Å². The van der Waals surface area contributed by atoms with E-state index >= 15 is 0 Å². The van der Waals surface area contributed by atoms with Crippen molar-refractivity contribution in [1.82, 2.24) is 0 Å². The smallest absolute Gasteiger partial charge is 0.335 e. The second-order valence-corrected chi connectivity index (χ2v) is 5.14. The van der Waals surface area contributed by atoms with Gasteiger partial charge in [0.15, 0.2) is 0 Å². The van der Waals surface area contributed by atoms with Crippen molar-refractivity contribution in [2.45, 2.75) is 12.8 Å². The molecule has 0 radical (unpaired) electrons. The number of nitrogens with one attached hydrogen (secondary N) is 2. The monoisotopic (exact) mass is 346 g/mol. The molecule has 130 valence electrons. The Morgan fingerprint density at radius 2 is 1.52 bits per heavy atom. The SMILES string of the molecule is O=C(CCC(=O)Nc1ccc(C(=O)O)cc1O)Nc1ccc(F)cc1. The molecule has 2 amide bonds. The number of carbonyl (C=O) groups excluding carboxylic acids is 2. The molecule has 4 N–H and O–H groups in total. The normalized spacial score (nSPS) is 10.1. The first-order chi connectivity index (χ1) is 11.8. The number of rotatable bonds is 6. The number of hydrogen-bond donors (Lipinski definition) is 4. The van der Waals surface area contributed by atoms with Gasteiger partial charge >= 0.3 is 5.97 Å². The number of aromatic hydroxyl groups is 1. The molecule has 0 aliphatic carbocycles. The van der Waals surface area contributed by atoms with E-state index < -0.39 is 23.6 Å². The van der Waals surface area contributed by atoms with Crippen LogP contribution in [0.5, 0.6) is 5.75 Å². The molecule has 2 aromatic carbocycles. The summed E-state index contributed by atoms with van der Waals surface area (Å²) in [5.41, 5.74) is 0.344. The number of benzene rings is 2. The molecule has 8 heteroatoms. The Kier molecular flexibility index (Phi) is 5.67. The Hall–Kier alpha value is -3.42. The minimum absolute atomic E-state index is 0.0499. The first-order valence-corrected chi connectivity index (χ1v) is 7.27. The molecule has 0 atom stereocenters. The molecule has 0 aliphatic rings. The molecular weight excluding hydrogens is 331 g/mol. The summed E-state index contributed by atoms with van der Waals surface area (Å²) in [6, 6.07) is 8.70. The van der Waals surface area contributed by atoms with Gasteiger partial charge in [0.05, 0.1) is 11.3 Å². The third-order valence-corrected chi connectivity index (χ3v) is 3.23. The van der Waals surface area contributed by atoms with Crippen LogP contribution in [-0.2, 0) is 9.59 Å². The van der Waals surface area contributed by atoms with E-state index in [1.165, 1.54) is 36.4 Å². The van der Waals surface area contributed by atoms with Crippen LogP contribution >= 0.6 is 0 Å². The molecular formula is C17H15FN2O5. The zero-order valence-corrected chi connectivity index (χ0v) is 13.0. The fourth-order valence-corrected chi connectivity index (χ4v) is 1.97. The van der Waals surface area contributed by atoms with Crippen LogP contribution in [0, 0.1) is 5.82 Å². The lowest BCUT2D eigenvalue weighted by Crippen LogP contribution is -2.17. The van der Waals surface area contributed by atoms with E-state index in [0.717, 1.165) is 6.07 Å². The predicted molar refractivity (Wildman–Crippen MR) is 88.0 cm³/mol. The summed E-state index contributed by atoms with van der Waals surface area (Å²) < 4.78 is 12.8. The summed E-state index contributed by atoms with van der Waals surface area (Å²) in [6.45, 7) is 0. The van der Waals surface area contributed by atoms with Gasteiger partial charge in [-0.05, 0) is 42.5 Å². The van der Waals surface area contributed by atoms with E-state index in [-0.39, 0.29) is 29.8 Å². The zero-order valence-electron chi connectivity index (χ0n) is 13.0. The Labute approximate surface area is 142 Å². The van der Waals surface area contributed by atoms with Crippen LogP contribution < -0.4 is 10.6 Å². The fraction of sp³-hybridized carbons (Fsp3) is 0.118. The highest BCUT2D eigenvalue weighted by molar-refractivity contribution is 5.98. The van der Waals surface area contributed by atoms with Crippen molar-refractivity contribution in [2.24, 2.45) is 0 Å². The maximum Gasteiger partial charge on any atom is 0.335 e.